The molecular weight excluding hydrogens is 728 g/mol. The average Bonchev–Trinajstić information content (AvgIpc) is 3.10. The molecule has 20 heteroatoms. The predicted octanol–water partition coefficient (Wildman–Crippen LogP) is 1.99. The van der Waals surface area contributed by atoms with Crippen LogP contribution in [0.2, 0.25) is 0 Å². The zero-order chi connectivity index (χ0) is 40.7. The zero-order valence-corrected chi connectivity index (χ0v) is 32.7. The van der Waals surface area contributed by atoms with E-state index in [-0.39, 0.29) is 33.0 Å². The first-order valence-electron chi connectivity index (χ1n) is 17.6. The molecule has 0 aromatic rings. The molecule has 0 bridgehead atoms. The van der Waals surface area contributed by atoms with E-state index in [9.17, 15) is 24.0 Å². The van der Waals surface area contributed by atoms with Crippen molar-refractivity contribution in [3.63, 3.8) is 0 Å². The van der Waals surface area contributed by atoms with Gasteiger partial charge in [-0.25, -0.2) is 24.0 Å². The van der Waals surface area contributed by atoms with Crippen molar-refractivity contribution in [2.45, 2.75) is 112 Å². The number of ether oxygens (including phenoxy) is 15. The molecule has 0 spiro atoms. The molecule has 0 amide bonds. The van der Waals surface area contributed by atoms with Gasteiger partial charge in [0.2, 0.25) is 5.76 Å². The Morgan fingerprint density at radius 3 is 0.963 bits per heavy atom. The van der Waals surface area contributed by atoms with E-state index in [1.807, 2.05) is 0 Å². The molecule has 1 rings (SSSR count). The summed E-state index contributed by atoms with van der Waals surface area (Å²) >= 11 is 0. The number of hydrogen-bond acceptors (Lipinski definition) is 20. The van der Waals surface area contributed by atoms with Gasteiger partial charge in [-0.05, 0) is 69.2 Å². The van der Waals surface area contributed by atoms with Gasteiger partial charge in [-0.15, -0.1) is 0 Å². The second kappa shape index (κ2) is 25.7. The van der Waals surface area contributed by atoms with E-state index >= 15 is 0 Å². The molecule has 5 unspecified atom stereocenters. The van der Waals surface area contributed by atoms with Crippen LogP contribution in [0.3, 0.4) is 0 Å². The lowest BCUT2D eigenvalue weighted by Gasteiger charge is -2.49. The average molecular weight is 785 g/mol. The number of carbonyl (C=O) groups is 5. The fourth-order valence-electron chi connectivity index (χ4n) is 4.30. The monoisotopic (exact) mass is 784 g/mol. The molecule has 0 aromatic heterocycles. The fourth-order valence-corrected chi connectivity index (χ4v) is 4.30. The molecule has 0 aliphatic heterocycles. The molecule has 0 aromatic carbocycles. The molecule has 0 N–H and O–H groups in total. The highest BCUT2D eigenvalue weighted by Crippen LogP contribution is 2.50. The normalized spacial score (nSPS) is 20.7. The van der Waals surface area contributed by atoms with E-state index in [1.54, 1.807) is 34.6 Å². The van der Waals surface area contributed by atoms with Crippen molar-refractivity contribution in [1.29, 1.82) is 0 Å². The van der Waals surface area contributed by atoms with Gasteiger partial charge < -0.3 is 71.1 Å². The summed E-state index contributed by atoms with van der Waals surface area (Å²) in [4.78, 5) is 66.5. The van der Waals surface area contributed by atoms with Gasteiger partial charge in [0.1, 0.15) is 33.0 Å². The molecule has 0 fully saturated rings. The number of esters is 5. The first-order chi connectivity index (χ1) is 25.6. The van der Waals surface area contributed by atoms with E-state index in [0.717, 1.165) is 6.08 Å². The molecule has 20 nitrogen and oxygen atoms in total. The van der Waals surface area contributed by atoms with Crippen LogP contribution in [0.15, 0.2) is 11.8 Å². The predicted molar refractivity (Wildman–Crippen MR) is 179 cm³/mol. The van der Waals surface area contributed by atoms with Crippen LogP contribution in [0.4, 0.5) is 0 Å². The molecule has 54 heavy (non-hydrogen) atoms. The molecule has 312 valence electrons. The second-order valence-electron chi connectivity index (χ2n) is 10.8. The maximum Gasteiger partial charge on any atom is 0.400 e. The van der Waals surface area contributed by atoms with E-state index in [0.29, 0.717) is 0 Å². The van der Waals surface area contributed by atoms with Crippen LogP contribution in [-0.4, -0.2) is 139 Å². The van der Waals surface area contributed by atoms with Crippen molar-refractivity contribution in [2.75, 3.05) is 66.1 Å². The fraction of sp³-hybridized carbons (Fsp3) is 0.794. The minimum atomic E-state index is -3.15. The Bertz CT molecular complexity index is 1130. The van der Waals surface area contributed by atoms with Crippen LogP contribution in [0.1, 0.15) is 69.2 Å². The molecule has 0 saturated carbocycles. The number of hydrogen-bond donors (Lipinski definition) is 0. The Kier molecular flexibility index (Phi) is 23.2. The van der Waals surface area contributed by atoms with Crippen molar-refractivity contribution in [3.05, 3.63) is 11.8 Å². The van der Waals surface area contributed by atoms with Gasteiger partial charge in [0, 0.05) is 33.0 Å². The quantitative estimate of drug-likeness (QED) is 0.0577. The molecule has 1 aliphatic rings. The molecule has 0 heterocycles. The second-order valence-corrected chi connectivity index (χ2v) is 10.8. The Morgan fingerprint density at radius 2 is 0.685 bits per heavy atom. The third-order valence-corrected chi connectivity index (χ3v) is 6.56. The maximum absolute atomic E-state index is 13.4. The van der Waals surface area contributed by atoms with E-state index in [1.165, 1.54) is 34.6 Å². The summed E-state index contributed by atoms with van der Waals surface area (Å²) in [6.07, 6.45) is -3.69. The Hall–Kier alpha value is -3.31. The van der Waals surface area contributed by atoms with Gasteiger partial charge in [0.05, 0.1) is 6.08 Å². The molecular formula is C34H56O20. The minimum Gasteiger partial charge on any atom is -0.421 e. The summed E-state index contributed by atoms with van der Waals surface area (Å²) < 4.78 is 80.8. The summed E-state index contributed by atoms with van der Waals surface area (Å²) in [5.74, 6) is -13.1. The van der Waals surface area contributed by atoms with Crippen molar-refractivity contribution < 1.29 is 95.0 Å². The van der Waals surface area contributed by atoms with Gasteiger partial charge in [0.15, 0.2) is 31.5 Å². The van der Waals surface area contributed by atoms with Gasteiger partial charge in [0.25, 0.3) is 0 Å². The topological polar surface area (TPSA) is 224 Å². The van der Waals surface area contributed by atoms with Gasteiger partial charge in [-0.2, -0.15) is 0 Å². The van der Waals surface area contributed by atoms with E-state index in [4.69, 9.17) is 71.1 Å². The molecule has 5 atom stereocenters. The zero-order valence-electron chi connectivity index (χ0n) is 32.7. The van der Waals surface area contributed by atoms with Crippen LogP contribution >= 0.6 is 0 Å². The van der Waals surface area contributed by atoms with Crippen molar-refractivity contribution in [3.8, 4) is 0 Å². The third kappa shape index (κ3) is 17.0. The highest BCUT2D eigenvalue weighted by Gasteiger charge is 2.76. The van der Waals surface area contributed by atoms with Crippen LogP contribution in [0.5, 0.6) is 0 Å². The lowest BCUT2D eigenvalue weighted by Crippen LogP contribution is -2.70. The van der Waals surface area contributed by atoms with Gasteiger partial charge >= 0.3 is 41.4 Å². The number of rotatable bonds is 30. The van der Waals surface area contributed by atoms with Crippen LogP contribution in [-0.2, 0) is 95.0 Å². The standard InChI is InChI=1S/C34H56O20/c1-11-40-22(6)45-17-28(35)50-27-16-33(51-29(36)18-46-23(7)41-12-2,52-30(37)19-47-24(8)42-13-3)34(27,53-31(38)20-48-25(9)43-14-4)54-32(39)21-49-26(10)44-15-5/h16,22-26H,11-15,17-21H2,1-10H3. The Balaban J connectivity index is 3.80. The van der Waals surface area contributed by atoms with Crippen molar-refractivity contribution in [2.24, 2.45) is 0 Å². The smallest absolute Gasteiger partial charge is 0.400 e. The van der Waals surface area contributed by atoms with Crippen molar-refractivity contribution in [1.82, 2.24) is 0 Å². The summed E-state index contributed by atoms with van der Waals surface area (Å²) in [5.41, 5.74) is 0. The van der Waals surface area contributed by atoms with Crippen LogP contribution < -0.4 is 0 Å². The lowest BCUT2D eigenvalue weighted by molar-refractivity contribution is -0.362. The molecule has 0 radical (unpaired) electrons. The highest BCUT2D eigenvalue weighted by atomic mass is 16.8. The minimum absolute atomic E-state index is 0.230. The van der Waals surface area contributed by atoms with E-state index < -0.39 is 112 Å². The van der Waals surface area contributed by atoms with Crippen LogP contribution in [0.25, 0.3) is 0 Å². The maximum atomic E-state index is 13.4. The first kappa shape index (κ1) is 48.7. The van der Waals surface area contributed by atoms with Gasteiger partial charge in [-0.1, -0.05) is 0 Å². The Morgan fingerprint density at radius 1 is 0.426 bits per heavy atom. The largest absolute Gasteiger partial charge is 0.421 e. The van der Waals surface area contributed by atoms with Crippen LogP contribution in [0, 0.1) is 0 Å². The Labute approximate surface area is 315 Å². The lowest BCUT2D eigenvalue weighted by atomic mass is 9.89. The first-order valence-corrected chi connectivity index (χ1v) is 17.6. The summed E-state index contributed by atoms with van der Waals surface area (Å²) in [6, 6.07) is 0. The van der Waals surface area contributed by atoms with E-state index in [2.05, 4.69) is 0 Å². The summed E-state index contributed by atoms with van der Waals surface area (Å²) in [7, 11) is 0. The van der Waals surface area contributed by atoms with Crippen molar-refractivity contribution >= 4 is 29.8 Å². The SMILES string of the molecule is CCOC(C)OCC(=O)OC1=CC(OC(=O)COC(C)OCC)(OC(=O)COC(C)OCC)C1(OC(=O)COC(C)OCC)OC(=O)COC(C)OCC. The van der Waals surface area contributed by atoms with Gasteiger partial charge in [-0.3, -0.25) is 0 Å². The third-order valence-electron chi connectivity index (χ3n) is 6.56. The number of carbonyl (C=O) groups excluding carboxylic acids is 5. The summed E-state index contributed by atoms with van der Waals surface area (Å²) in [5, 5.41) is 0. The highest BCUT2D eigenvalue weighted by molar-refractivity contribution is 5.80. The molecule has 1 aliphatic carbocycles. The molecule has 0 saturated heterocycles. The summed E-state index contributed by atoms with van der Waals surface area (Å²) in [6.45, 7) is 13.1.